The van der Waals surface area contributed by atoms with Crippen LogP contribution in [0.3, 0.4) is 0 Å². The maximum atomic E-state index is 2.71. The third-order valence-corrected chi connectivity index (χ3v) is 4.92. The number of hydrogen-bond donors (Lipinski definition) is 0. The van der Waals surface area contributed by atoms with Gasteiger partial charge in [-0.15, -0.1) is 0 Å². The van der Waals surface area contributed by atoms with Gasteiger partial charge in [-0.1, -0.05) is 71.6 Å². The first-order valence-electron chi connectivity index (χ1n) is 11.0. The molecule has 0 aliphatic heterocycles. The summed E-state index contributed by atoms with van der Waals surface area (Å²) in [4.78, 5) is 2.71. The second kappa shape index (κ2) is 19.2. The SMILES string of the molecule is CCCCCCCCCCCCN(CCC)CCCC[N+](C)(C)C.[Br-]. The topological polar surface area (TPSA) is 3.24 Å². The fourth-order valence-electron chi connectivity index (χ4n) is 3.40. The van der Waals surface area contributed by atoms with Gasteiger partial charge in [-0.25, -0.2) is 0 Å². The Bertz CT molecular complexity index is 251. The van der Waals surface area contributed by atoms with Crippen LogP contribution in [0.1, 0.15) is 97.3 Å². The van der Waals surface area contributed by atoms with Gasteiger partial charge in [0.25, 0.3) is 0 Å². The average molecular weight is 422 g/mol. The van der Waals surface area contributed by atoms with Crippen LogP contribution in [0.25, 0.3) is 0 Å². The van der Waals surface area contributed by atoms with Gasteiger partial charge >= 0.3 is 0 Å². The standard InChI is InChI=1S/C22H49N2.BrH/c1-6-8-9-10-11-12-13-14-15-16-20-23(19-7-2)21-17-18-22-24(3,4)5;/h6-22H2,1-5H3;1H/q+1;/p-1. The second-order valence-electron chi connectivity index (χ2n) is 8.74. The van der Waals surface area contributed by atoms with Crippen molar-refractivity contribution in [3.63, 3.8) is 0 Å². The number of nitrogens with zero attached hydrogens (tertiary/aromatic N) is 2. The highest BCUT2D eigenvalue weighted by atomic mass is 79.9. The van der Waals surface area contributed by atoms with Crippen LogP contribution in [0.2, 0.25) is 0 Å². The fraction of sp³-hybridized carbons (Fsp3) is 1.00. The van der Waals surface area contributed by atoms with Crippen molar-refractivity contribution in [1.29, 1.82) is 0 Å². The molecular formula is C22H49BrN2. The summed E-state index contributed by atoms with van der Waals surface area (Å²) in [5.41, 5.74) is 0. The lowest BCUT2D eigenvalue weighted by Gasteiger charge is -2.25. The zero-order chi connectivity index (χ0) is 18.1. The Hall–Kier alpha value is 0.400. The average Bonchev–Trinajstić information content (AvgIpc) is 2.52. The predicted molar refractivity (Wildman–Crippen MR) is 111 cm³/mol. The Morgan fingerprint density at radius 3 is 1.40 bits per heavy atom. The van der Waals surface area contributed by atoms with Crippen LogP contribution >= 0.6 is 0 Å². The molecule has 0 fully saturated rings. The maximum Gasteiger partial charge on any atom is 0.0780 e. The Labute approximate surface area is 171 Å². The summed E-state index contributed by atoms with van der Waals surface area (Å²) in [7, 11) is 6.90. The number of unbranched alkanes of at least 4 members (excludes halogenated alkanes) is 10. The first-order chi connectivity index (χ1) is 11.5. The van der Waals surface area contributed by atoms with Gasteiger partial charge in [0.15, 0.2) is 0 Å². The van der Waals surface area contributed by atoms with E-state index in [4.69, 9.17) is 0 Å². The van der Waals surface area contributed by atoms with Crippen LogP contribution in [-0.2, 0) is 0 Å². The summed E-state index contributed by atoms with van der Waals surface area (Å²) in [5.74, 6) is 0. The highest BCUT2D eigenvalue weighted by Gasteiger charge is 2.08. The van der Waals surface area contributed by atoms with Crippen molar-refractivity contribution in [3.8, 4) is 0 Å². The van der Waals surface area contributed by atoms with Crippen LogP contribution in [-0.4, -0.2) is 56.7 Å². The van der Waals surface area contributed by atoms with Crippen LogP contribution in [0.15, 0.2) is 0 Å². The van der Waals surface area contributed by atoms with Crippen molar-refractivity contribution < 1.29 is 21.5 Å². The molecule has 0 amide bonds. The van der Waals surface area contributed by atoms with E-state index in [0.29, 0.717) is 0 Å². The minimum atomic E-state index is 0. The fourth-order valence-corrected chi connectivity index (χ4v) is 3.40. The highest BCUT2D eigenvalue weighted by molar-refractivity contribution is 4.58. The van der Waals surface area contributed by atoms with E-state index in [1.165, 1.54) is 110 Å². The molecule has 3 heteroatoms. The lowest BCUT2D eigenvalue weighted by atomic mass is 10.1. The van der Waals surface area contributed by atoms with Gasteiger partial charge < -0.3 is 26.4 Å². The van der Waals surface area contributed by atoms with E-state index in [1.807, 2.05) is 0 Å². The Kier molecular flexibility index (Phi) is 21.2. The van der Waals surface area contributed by atoms with Crippen LogP contribution in [0.5, 0.6) is 0 Å². The van der Waals surface area contributed by atoms with Gasteiger partial charge in [0.1, 0.15) is 0 Å². The van der Waals surface area contributed by atoms with Gasteiger partial charge in [-0.05, 0) is 45.3 Å². The molecule has 154 valence electrons. The number of hydrogen-bond acceptors (Lipinski definition) is 1. The molecule has 0 aliphatic carbocycles. The molecule has 0 radical (unpaired) electrons. The third-order valence-electron chi connectivity index (χ3n) is 4.92. The lowest BCUT2D eigenvalue weighted by molar-refractivity contribution is -0.870. The summed E-state index contributed by atoms with van der Waals surface area (Å²) >= 11 is 0. The van der Waals surface area contributed by atoms with E-state index in [0.717, 1.165) is 4.48 Å². The molecule has 0 N–H and O–H groups in total. The van der Waals surface area contributed by atoms with Gasteiger partial charge in [-0.3, -0.25) is 0 Å². The molecule has 0 unspecified atom stereocenters. The van der Waals surface area contributed by atoms with E-state index < -0.39 is 0 Å². The van der Waals surface area contributed by atoms with Gasteiger partial charge in [0.05, 0.1) is 27.7 Å². The number of halogens is 1. The Morgan fingerprint density at radius 2 is 0.960 bits per heavy atom. The number of quaternary nitrogens is 1. The summed E-state index contributed by atoms with van der Waals surface area (Å²) < 4.78 is 1.10. The van der Waals surface area contributed by atoms with Crippen LogP contribution in [0, 0.1) is 0 Å². The van der Waals surface area contributed by atoms with Crippen molar-refractivity contribution in [2.75, 3.05) is 47.3 Å². The van der Waals surface area contributed by atoms with Crippen LogP contribution in [0.4, 0.5) is 0 Å². The predicted octanol–water partition coefficient (Wildman–Crippen LogP) is 3.11. The molecule has 0 aromatic carbocycles. The molecule has 0 bridgehead atoms. The molecule has 2 nitrogen and oxygen atoms in total. The van der Waals surface area contributed by atoms with Crippen molar-refractivity contribution in [3.05, 3.63) is 0 Å². The molecule has 0 aliphatic rings. The summed E-state index contributed by atoms with van der Waals surface area (Å²) in [5, 5.41) is 0. The molecule has 0 aromatic heterocycles. The first-order valence-corrected chi connectivity index (χ1v) is 11.0. The zero-order valence-electron chi connectivity index (χ0n) is 18.3. The second-order valence-corrected chi connectivity index (χ2v) is 8.74. The minimum Gasteiger partial charge on any atom is -1.00 e. The van der Waals surface area contributed by atoms with E-state index in [-0.39, 0.29) is 17.0 Å². The monoisotopic (exact) mass is 420 g/mol. The van der Waals surface area contributed by atoms with E-state index in [9.17, 15) is 0 Å². The lowest BCUT2D eigenvalue weighted by Crippen LogP contribution is -3.00. The zero-order valence-corrected chi connectivity index (χ0v) is 19.9. The molecule has 25 heavy (non-hydrogen) atoms. The van der Waals surface area contributed by atoms with E-state index in [2.05, 4.69) is 39.9 Å². The Balaban J connectivity index is 0. The number of rotatable bonds is 18. The van der Waals surface area contributed by atoms with Crippen molar-refractivity contribution in [2.45, 2.75) is 97.3 Å². The molecule has 0 heterocycles. The summed E-state index contributed by atoms with van der Waals surface area (Å²) in [6.07, 6.45) is 18.4. The molecule has 0 saturated carbocycles. The third kappa shape index (κ3) is 22.4. The van der Waals surface area contributed by atoms with Gasteiger partial charge in [0, 0.05) is 0 Å². The molecule has 0 aromatic rings. The maximum absolute atomic E-state index is 2.71. The van der Waals surface area contributed by atoms with E-state index in [1.54, 1.807) is 0 Å². The minimum absolute atomic E-state index is 0. The molecule has 0 spiro atoms. The molecular weight excluding hydrogens is 372 g/mol. The van der Waals surface area contributed by atoms with Crippen molar-refractivity contribution in [1.82, 2.24) is 4.90 Å². The Morgan fingerprint density at radius 1 is 0.520 bits per heavy atom. The van der Waals surface area contributed by atoms with Crippen LogP contribution < -0.4 is 17.0 Å². The smallest absolute Gasteiger partial charge is 0.0780 e. The van der Waals surface area contributed by atoms with Crippen molar-refractivity contribution >= 4 is 0 Å². The van der Waals surface area contributed by atoms with E-state index >= 15 is 0 Å². The summed E-state index contributed by atoms with van der Waals surface area (Å²) in [6, 6.07) is 0. The van der Waals surface area contributed by atoms with Crippen molar-refractivity contribution in [2.24, 2.45) is 0 Å². The summed E-state index contributed by atoms with van der Waals surface area (Å²) in [6.45, 7) is 9.85. The van der Waals surface area contributed by atoms with Gasteiger partial charge in [-0.2, -0.15) is 0 Å². The molecule has 0 rings (SSSR count). The quantitative estimate of drug-likeness (QED) is 0.243. The normalized spacial score (nSPS) is 11.8. The first kappa shape index (κ1) is 27.6. The largest absolute Gasteiger partial charge is 1.00 e. The van der Waals surface area contributed by atoms with Gasteiger partial charge in [0.2, 0.25) is 0 Å². The molecule has 0 saturated heterocycles. The highest BCUT2D eigenvalue weighted by Crippen LogP contribution is 2.11. The molecule has 0 atom stereocenters.